The molecule has 0 heterocycles. The summed E-state index contributed by atoms with van der Waals surface area (Å²) in [6.07, 6.45) is 0.209. The van der Waals surface area contributed by atoms with Crippen LogP contribution in [0.3, 0.4) is 0 Å². The Morgan fingerprint density at radius 2 is 2.12 bits per heavy atom. The number of carbonyl (C=O) groups excluding carboxylic acids is 1. The van der Waals surface area contributed by atoms with E-state index in [-0.39, 0.29) is 23.2 Å². The first kappa shape index (κ1) is 13.1. The molecule has 0 aliphatic heterocycles. The van der Waals surface area contributed by atoms with Crippen LogP contribution in [0.1, 0.15) is 30.6 Å². The van der Waals surface area contributed by atoms with E-state index in [0.717, 1.165) is 0 Å². The van der Waals surface area contributed by atoms with Crippen molar-refractivity contribution in [2.75, 3.05) is 6.54 Å². The lowest BCUT2D eigenvalue weighted by Gasteiger charge is -2.21. The summed E-state index contributed by atoms with van der Waals surface area (Å²) in [6.45, 7) is 4.11. The molecule has 16 heavy (non-hydrogen) atoms. The van der Waals surface area contributed by atoms with Gasteiger partial charge in [-0.2, -0.15) is 0 Å². The standard InChI is InChI=1S/C12H15ClFNO/c1-12(2,7-15)6-11(16)9-5-8(13)3-4-10(9)14/h3-5H,6-7,15H2,1-2H3. The van der Waals surface area contributed by atoms with Gasteiger partial charge in [-0.1, -0.05) is 25.4 Å². The van der Waals surface area contributed by atoms with Crippen molar-refractivity contribution in [1.82, 2.24) is 0 Å². The smallest absolute Gasteiger partial charge is 0.166 e. The molecule has 1 rings (SSSR count). The number of hydrogen-bond donors (Lipinski definition) is 1. The molecule has 0 unspecified atom stereocenters. The van der Waals surface area contributed by atoms with Gasteiger partial charge in [0, 0.05) is 11.4 Å². The number of nitrogens with two attached hydrogens (primary N) is 1. The average Bonchev–Trinajstić information content (AvgIpc) is 2.21. The molecule has 88 valence electrons. The fraction of sp³-hybridized carbons (Fsp3) is 0.417. The maximum atomic E-state index is 13.4. The normalized spacial score (nSPS) is 11.6. The predicted octanol–water partition coefficient (Wildman–Crippen LogP) is 3.04. The zero-order valence-electron chi connectivity index (χ0n) is 9.39. The molecule has 0 amide bonds. The quantitative estimate of drug-likeness (QED) is 0.826. The summed E-state index contributed by atoms with van der Waals surface area (Å²) in [5.41, 5.74) is 5.24. The van der Waals surface area contributed by atoms with Crippen LogP contribution >= 0.6 is 11.6 Å². The Hall–Kier alpha value is -0.930. The van der Waals surface area contributed by atoms with Gasteiger partial charge in [-0.05, 0) is 30.2 Å². The Morgan fingerprint density at radius 1 is 1.50 bits per heavy atom. The van der Waals surface area contributed by atoms with E-state index in [0.29, 0.717) is 11.6 Å². The van der Waals surface area contributed by atoms with Gasteiger partial charge in [0.05, 0.1) is 5.56 Å². The molecule has 0 fully saturated rings. The van der Waals surface area contributed by atoms with Crippen molar-refractivity contribution >= 4 is 17.4 Å². The van der Waals surface area contributed by atoms with Crippen LogP contribution in [0.25, 0.3) is 0 Å². The molecule has 0 bridgehead atoms. The van der Waals surface area contributed by atoms with Crippen molar-refractivity contribution in [2.24, 2.45) is 11.1 Å². The van der Waals surface area contributed by atoms with Crippen molar-refractivity contribution in [1.29, 1.82) is 0 Å². The summed E-state index contributed by atoms with van der Waals surface area (Å²) in [5, 5.41) is 0.357. The predicted molar refractivity (Wildman–Crippen MR) is 63.2 cm³/mol. The van der Waals surface area contributed by atoms with Crippen molar-refractivity contribution in [3.8, 4) is 0 Å². The molecule has 2 N–H and O–H groups in total. The summed E-state index contributed by atoms with van der Waals surface area (Å²) in [6, 6.07) is 3.97. The molecular formula is C12H15ClFNO. The number of benzene rings is 1. The van der Waals surface area contributed by atoms with Crippen LogP contribution in [0.2, 0.25) is 5.02 Å². The second-order valence-electron chi connectivity index (χ2n) is 4.59. The first-order valence-electron chi connectivity index (χ1n) is 5.04. The van der Waals surface area contributed by atoms with Gasteiger partial charge in [-0.3, -0.25) is 4.79 Å². The van der Waals surface area contributed by atoms with Crippen LogP contribution in [-0.4, -0.2) is 12.3 Å². The van der Waals surface area contributed by atoms with Crippen LogP contribution in [0.5, 0.6) is 0 Å². The summed E-state index contributed by atoms with van der Waals surface area (Å²) >= 11 is 5.72. The van der Waals surface area contributed by atoms with Gasteiger partial charge < -0.3 is 5.73 Å². The maximum Gasteiger partial charge on any atom is 0.166 e. The highest BCUT2D eigenvalue weighted by Crippen LogP contribution is 2.23. The average molecular weight is 244 g/mol. The zero-order chi connectivity index (χ0) is 12.3. The molecule has 1 aromatic rings. The molecule has 1 aromatic carbocycles. The molecule has 0 saturated carbocycles. The van der Waals surface area contributed by atoms with Gasteiger partial charge in [-0.25, -0.2) is 4.39 Å². The number of halogens is 2. The topological polar surface area (TPSA) is 43.1 Å². The monoisotopic (exact) mass is 243 g/mol. The Balaban J connectivity index is 2.93. The van der Waals surface area contributed by atoms with Gasteiger partial charge in [0.1, 0.15) is 5.82 Å². The molecule has 2 nitrogen and oxygen atoms in total. The summed E-state index contributed by atoms with van der Waals surface area (Å²) in [7, 11) is 0. The second kappa shape index (κ2) is 4.93. The third-order valence-electron chi connectivity index (χ3n) is 2.42. The van der Waals surface area contributed by atoms with E-state index < -0.39 is 5.82 Å². The minimum atomic E-state index is -0.540. The van der Waals surface area contributed by atoms with Crippen LogP contribution < -0.4 is 5.73 Å². The van der Waals surface area contributed by atoms with Crippen LogP contribution in [0.4, 0.5) is 4.39 Å². The zero-order valence-corrected chi connectivity index (χ0v) is 10.1. The van der Waals surface area contributed by atoms with Crippen LogP contribution in [-0.2, 0) is 0 Å². The highest BCUT2D eigenvalue weighted by molar-refractivity contribution is 6.31. The van der Waals surface area contributed by atoms with Crippen LogP contribution in [0, 0.1) is 11.2 Å². The summed E-state index contributed by atoms with van der Waals surface area (Å²) in [5.74, 6) is -0.808. The van der Waals surface area contributed by atoms with Crippen molar-refractivity contribution in [2.45, 2.75) is 20.3 Å². The summed E-state index contributed by atoms with van der Waals surface area (Å²) < 4.78 is 13.4. The molecule has 0 atom stereocenters. The number of hydrogen-bond acceptors (Lipinski definition) is 2. The van der Waals surface area contributed by atoms with Gasteiger partial charge in [0.15, 0.2) is 5.78 Å². The van der Waals surface area contributed by atoms with E-state index >= 15 is 0 Å². The van der Waals surface area contributed by atoms with Crippen LogP contribution in [0.15, 0.2) is 18.2 Å². The molecule has 0 aliphatic rings. The van der Waals surface area contributed by atoms with E-state index in [1.807, 2.05) is 13.8 Å². The molecule has 0 aromatic heterocycles. The lowest BCUT2D eigenvalue weighted by molar-refractivity contribution is 0.0931. The first-order chi connectivity index (χ1) is 7.35. The highest BCUT2D eigenvalue weighted by Gasteiger charge is 2.23. The SMILES string of the molecule is CC(C)(CN)CC(=O)c1cc(Cl)ccc1F. The van der Waals surface area contributed by atoms with Gasteiger partial charge in [0.25, 0.3) is 0 Å². The first-order valence-corrected chi connectivity index (χ1v) is 5.42. The van der Waals surface area contributed by atoms with Gasteiger partial charge in [-0.15, -0.1) is 0 Å². The molecule has 4 heteroatoms. The Bertz CT molecular complexity index is 404. The lowest BCUT2D eigenvalue weighted by atomic mass is 9.85. The highest BCUT2D eigenvalue weighted by atomic mass is 35.5. The van der Waals surface area contributed by atoms with Crippen molar-refractivity contribution < 1.29 is 9.18 Å². The molecule has 0 saturated heterocycles. The Morgan fingerprint density at radius 3 is 2.69 bits per heavy atom. The van der Waals surface area contributed by atoms with Gasteiger partial charge >= 0.3 is 0 Å². The van der Waals surface area contributed by atoms with E-state index in [2.05, 4.69) is 0 Å². The number of Topliss-reactive ketones (excluding diaryl/α,β-unsaturated/α-hetero) is 1. The molecule has 0 radical (unpaired) electrons. The van der Waals surface area contributed by atoms with Gasteiger partial charge in [0.2, 0.25) is 0 Å². The molecular weight excluding hydrogens is 229 g/mol. The number of ketones is 1. The van der Waals surface area contributed by atoms with Crippen molar-refractivity contribution in [3.05, 3.63) is 34.6 Å². The summed E-state index contributed by atoms with van der Waals surface area (Å²) in [4.78, 5) is 11.8. The number of carbonyl (C=O) groups is 1. The van der Waals surface area contributed by atoms with E-state index in [1.165, 1.54) is 18.2 Å². The largest absolute Gasteiger partial charge is 0.330 e. The Kier molecular flexibility index (Phi) is 4.05. The minimum absolute atomic E-state index is 0.0361. The van der Waals surface area contributed by atoms with Crippen molar-refractivity contribution in [3.63, 3.8) is 0 Å². The van der Waals surface area contributed by atoms with E-state index in [1.54, 1.807) is 0 Å². The third kappa shape index (κ3) is 3.29. The minimum Gasteiger partial charge on any atom is -0.330 e. The molecule has 0 spiro atoms. The molecule has 0 aliphatic carbocycles. The second-order valence-corrected chi connectivity index (χ2v) is 5.03. The maximum absolute atomic E-state index is 13.4. The Labute approximate surface area is 99.6 Å². The van der Waals surface area contributed by atoms with E-state index in [4.69, 9.17) is 17.3 Å². The lowest BCUT2D eigenvalue weighted by Crippen LogP contribution is -2.27. The number of rotatable bonds is 4. The van der Waals surface area contributed by atoms with E-state index in [9.17, 15) is 9.18 Å². The third-order valence-corrected chi connectivity index (χ3v) is 2.66. The fourth-order valence-corrected chi connectivity index (χ4v) is 1.49. The fourth-order valence-electron chi connectivity index (χ4n) is 1.31.